The second-order valence-electron chi connectivity index (χ2n) is 2.85. The van der Waals surface area contributed by atoms with E-state index >= 15 is 0 Å². The van der Waals surface area contributed by atoms with E-state index in [-0.39, 0.29) is 0 Å². The Balaban J connectivity index is 2.22. The highest BCUT2D eigenvalue weighted by atomic mass is 16.5. The molecule has 0 radical (unpaired) electrons. The zero-order valence-corrected chi connectivity index (χ0v) is 7.56. The highest BCUT2D eigenvalue weighted by molar-refractivity contribution is 5.83. The van der Waals surface area contributed by atoms with Crippen LogP contribution in [-0.2, 0) is 0 Å². The lowest BCUT2D eigenvalue weighted by atomic mass is 10.2. The molecule has 0 aliphatic rings. The maximum atomic E-state index is 8.35. The van der Waals surface area contributed by atoms with Gasteiger partial charge in [-0.3, -0.25) is 0 Å². The zero-order chi connectivity index (χ0) is 9.80. The van der Waals surface area contributed by atoms with Crippen molar-refractivity contribution < 1.29 is 9.15 Å². The Morgan fingerprint density at radius 1 is 1.36 bits per heavy atom. The van der Waals surface area contributed by atoms with Crippen LogP contribution in [0.5, 0.6) is 5.75 Å². The summed E-state index contributed by atoms with van der Waals surface area (Å²) in [5, 5.41) is 9.30. The van der Waals surface area contributed by atoms with Crippen LogP contribution < -0.4 is 4.74 Å². The SMILES string of the molecule is N#CCCOc1coc2ccccc12. The smallest absolute Gasteiger partial charge is 0.165 e. The fourth-order valence-corrected chi connectivity index (χ4v) is 1.27. The van der Waals surface area contributed by atoms with E-state index in [0.29, 0.717) is 18.8 Å². The van der Waals surface area contributed by atoms with E-state index in [1.807, 2.05) is 30.3 Å². The Morgan fingerprint density at radius 2 is 2.21 bits per heavy atom. The lowest BCUT2D eigenvalue weighted by Crippen LogP contribution is -1.94. The third-order valence-electron chi connectivity index (χ3n) is 1.92. The molecule has 1 aromatic carbocycles. The highest BCUT2D eigenvalue weighted by Crippen LogP contribution is 2.27. The Kier molecular flexibility index (Phi) is 2.37. The summed E-state index contributed by atoms with van der Waals surface area (Å²) in [5.41, 5.74) is 0.805. The van der Waals surface area contributed by atoms with Gasteiger partial charge in [0, 0.05) is 0 Å². The van der Waals surface area contributed by atoms with Gasteiger partial charge in [-0.2, -0.15) is 5.26 Å². The molecular formula is C11H9NO2. The fourth-order valence-electron chi connectivity index (χ4n) is 1.27. The predicted molar refractivity (Wildman–Crippen MR) is 51.9 cm³/mol. The van der Waals surface area contributed by atoms with Crippen LogP contribution in [0, 0.1) is 11.3 Å². The van der Waals surface area contributed by atoms with Crippen LogP contribution in [0.1, 0.15) is 6.42 Å². The largest absolute Gasteiger partial charge is 0.488 e. The van der Waals surface area contributed by atoms with Crippen LogP contribution in [0.2, 0.25) is 0 Å². The number of ether oxygens (including phenoxy) is 1. The van der Waals surface area contributed by atoms with Crippen molar-refractivity contribution in [1.82, 2.24) is 0 Å². The van der Waals surface area contributed by atoms with Gasteiger partial charge in [-0.1, -0.05) is 12.1 Å². The molecule has 0 N–H and O–H groups in total. The average molecular weight is 187 g/mol. The monoisotopic (exact) mass is 187 g/mol. The summed E-state index contributed by atoms with van der Waals surface area (Å²) >= 11 is 0. The second kappa shape index (κ2) is 3.84. The summed E-state index contributed by atoms with van der Waals surface area (Å²) in [5.74, 6) is 0.704. The van der Waals surface area contributed by atoms with Crippen molar-refractivity contribution >= 4 is 11.0 Å². The van der Waals surface area contributed by atoms with Crippen molar-refractivity contribution in [2.75, 3.05) is 6.61 Å². The number of hydrogen-bond acceptors (Lipinski definition) is 3. The molecule has 14 heavy (non-hydrogen) atoms. The highest BCUT2D eigenvalue weighted by Gasteiger charge is 2.04. The number of benzene rings is 1. The average Bonchev–Trinajstić information content (AvgIpc) is 2.63. The van der Waals surface area contributed by atoms with E-state index in [1.54, 1.807) is 6.26 Å². The molecule has 0 unspecified atom stereocenters. The van der Waals surface area contributed by atoms with Gasteiger partial charge >= 0.3 is 0 Å². The molecule has 0 fully saturated rings. The molecule has 0 saturated heterocycles. The summed E-state index contributed by atoms with van der Waals surface area (Å²) in [6.07, 6.45) is 1.96. The molecule has 0 aliphatic heterocycles. The minimum Gasteiger partial charge on any atom is -0.488 e. The van der Waals surface area contributed by atoms with Gasteiger partial charge in [-0.05, 0) is 12.1 Å². The second-order valence-corrected chi connectivity index (χ2v) is 2.85. The van der Waals surface area contributed by atoms with E-state index in [4.69, 9.17) is 14.4 Å². The zero-order valence-electron chi connectivity index (χ0n) is 7.56. The summed E-state index contributed by atoms with van der Waals surface area (Å²) in [6, 6.07) is 9.67. The van der Waals surface area contributed by atoms with E-state index in [1.165, 1.54) is 0 Å². The molecule has 1 aromatic heterocycles. The quantitative estimate of drug-likeness (QED) is 0.694. The molecule has 3 nitrogen and oxygen atoms in total. The first-order valence-electron chi connectivity index (χ1n) is 4.38. The lowest BCUT2D eigenvalue weighted by Gasteiger charge is -1.98. The molecule has 70 valence electrons. The predicted octanol–water partition coefficient (Wildman–Crippen LogP) is 2.73. The van der Waals surface area contributed by atoms with Gasteiger partial charge in [0.05, 0.1) is 17.9 Å². The molecule has 0 spiro atoms. The Morgan fingerprint density at radius 3 is 3.07 bits per heavy atom. The van der Waals surface area contributed by atoms with Gasteiger partial charge in [-0.15, -0.1) is 0 Å². The van der Waals surface area contributed by atoms with Crippen LogP contribution in [0.25, 0.3) is 11.0 Å². The Hall–Kier alpha value is -1.95. The summed E-state index contributed by atoms with van der Waals surface area (Å²) in [6.45, 7) is 0.403. The van der Waals surface area contributed by atoms with Crippen molar-refractivity contribution in [2.45, 2.75) is 6.42 Å². The van der Waals surface area contributed by atoms with Crippen LogP contribution in [0.4, 0.5) is 0 Å². The molecular weight excluding hydrogens is 178 g/mol. The number of para-hydroxylation sites is 1. The standard InChI is InChI=1S/C11H9NO2/c12-6-3-7-13-11-8-14-10-5-2-1-4-9(10)11/h1-2,4-5,8H,3,7H2. The minimum atomic E-state index is 0.388. The van der Waals surface area contributed by atoms with Gasteiger partial charge in [-0.25, -0.2) is 0 Å². The van der Waals surface area contributed by atoms with Gasteiger partial charge in [0.25, 0.3) is 0 Å². The number of nitrogens with zero attached hydrogens (tertiary/aromatic N) is 1. The first kappa shape index (κ1) is 8.64. The van der Waals surface area contributed by atoms with Gasteiger partial charge in [0.1, 0.15) is 18.5 Å². The molecule has 2 rings (SSSR count). The van der Waals surface area contributed by atoms with E-state index in [2.05, 4.69) is 0 Å². The lowest BCUT2D eigenvalue weighted by molar-refractivity contribution is 0.325. The first-order chi connectivity index (χ1) is 6.92. The van der Waals surface area contributed by atoms with Crippen LogP contribution in [0.3, 0.4) is 0 Å². The minimum absolute atomic E-state index is 0.388. The molecule has 0 saturated carbocycles. The Labute approximate surface area is 81.5 Å². The number of hydrogen-bond donors (Lipinski definition) is 0. The van der Waals surface area contributed by atoms with Crippen molar-refractivity contribution in [3.63, 3.8) is 0 Å². The third kappa shape index (κ3) is 1.55. The first-order valence-corrected chi connectivity index (χ1v) is 4.38. The summed E-state index contributed by atoms with van der Waals surface area (Å²) < 4.78 is 10.7. The van der Waals surface area contributed by atoms with Crippen LogP contribution >= 0.6 is 0 Å². The molecule has 0 atom stereocenters. The van der Waals surface area contributed by atoms with Crippen molar-refractivity contribution in [2.24, 2.45) is 0 Å². The van der Waals surface area contributed by atoms with Gasteiger partial charge < -0.3 is 9.15 Å². The maximum absolute atomic E-state index is 8.35. The topological polar surface area (TPSA) is 46.2 Å². The summed E-state index contributed by atoms with van der Waals surface area (Å²) in [7, 11) is 0. The summed E-state index contributed by atoms with van der Waals surface area (Å²) in [4.78, 5) is 0. The van der Waals surface area contributed by atoms with Crippen LogP contribution in [-0.4, -0.2) is 6.61 Å². The van der Waals surface area contributed by atoms with Gasteiger partial charge in [0.15, 0.2) is 5.75 Å². The molecule has 3 heteroatoms. The van der Waals surface area contributed by atoms with Crippen molar-refractivity contribution in [3.8, 4) is 11.8 Å². The number of furan rings is 1. The molecule has 2 aromatic rings. The molecule has 0 bridgehead atoms. The van der Waals surface area contributed by atoms with E-state index in [0.717, 1.165) is 11.0 Å². The third-order valence-corrected chi connectivity index (χ3v) is 1.92. The normalized spacial score (nSPS) is 9.93. The van der Waals surface area contributed by atoms with Crippen LogP contribution in [0.15, 0.2) is 34.9 Å². The number of rotatable bonds is 3. The fraction of sp³-hybridized carbons (Fsp3) is 0.182. The number of fused-ring (bicyclic) bond motifs is 1. The Bertz CT molecular complexity index is 467. The molecule has 0 aliphatic carbocycles. The molecule has 1 heterocycles. The maximum Gasteiger partial charge on any atom is 0.165 e. The van der Waals surface area contributed by atoms with Crippen molar-refractivity contribution in [1.29, 1.82) is 5.26 Å². The number of nitriles is 1. The van der Waals surface area contributed by atoms with E-state index < -0.39 is 0 Å². The van der Waals surface area contributed by atoms with Crippen molar-refractivity contribution in [3.05, 3.63) is 30.5 Å². The van der Waals surface area contributed by atoms with E-state index in [9.17, 15) is 0 Å². The van der Waals surface area contributed by atoms with Gasteiger partial charge in [0.2, 0.25) is 0 Å². The molecule has 0 amide bonds.